The van der Waals surface area contributed by atoms with Crippen molar-refractivity contribution in [1.29, 1.82) is 0 Å². The molecule has 0 spiro atoms. The number of rotatable bonds is 6. The van der Waals surface area contributed by atoms with E-state index in [1.54, 1.807) is 5.56 Å². The smallest absolute Gasteiger partial charge is 0.0323 e. The molecule has 0 saturated heterocycles. The van der Waals surface area contributed by atoms with Crippen molar-refractivity contribution >= 4 is 11.8 Å². The van der Waals surface area contributed by atoms with Gasteiger partial charge in [0, 0.05) is 17.3 Å². The molecule has 1 aromatic carbocycles. The molecule has 0 amide bonds. The van der Waals surface area contributed by atoms with Gasteiger partial charge in [0.2, 0.25) is 0 Å². The standard InChI is InChI=1S/C18H29NS/c1-5-18(6-2,20-4)13-19-17-12-11-14(3)15-9-7-8-10-16(15)17/h7-10,14,17,19H,5-6,11-13H2,1-4H3. The Balaban J connectivity index is 2.10. The molecule has 20 heavy (non-hydrogen) atoms. The van der Waals surface area contributed by atoms with Gasteiger partial charge in [0.1, 0.15) is 0 Å². The fraction of sp³-hybridized carbons (Fsp3) is 0.667. The first-order valence-electron chi connectivity index (χ1n) is 8.03. The summed E-state index contributed by atoms with van der Waals surface area (Å²) in [5.41, 5.74) is 3.09. The predicted octanol–water partition coefficient (Wildman–Crippen LogP) is 5.14. The Morgan fingerprint density at radius 3 is 2.40 bits per heavy atom. The Morgan fingerprint density at radius 2 is 1.80 bits per heavy atom. The fourth-order valence-electron chi connectivity index (χ4n) is 3.39. The summed E-state index contributed by atoms with van der Waals surface area (Å²) < 4.78 is 0.401. The highest BCUT2D eigenvalue weighted by Crippen LogP contribution is 2.38. The molecule has 0 aromatic heterocycles. The molecule has 1 aliphatic carbocycles. The third-order valence-electron chi connectivity index (χ3n) is 5.18. The molecule has 2 atom stereocenters. The van der Waals surface area contributed by atoms with E-state index < -0.39 is 0 Å². The van der Waals surface area contributed by atoms with Crippen LogP contribution in [0, 0.1) is 0 Å². The summed E-state index contributed by atoms with van der Waals surface area (Å²) in [7, 11) is 0. The molecule has 2 unspecified atom stereocenters. The SMILES string of the molecule is CCC(CC)(CNC1CCC(C)c2ccccc21)SC. The molecular formula is C18H29NS. The summed E-state index contributed by atoms with van der Waals surface area (Å²) in [5, 5.41) is 3.87. The van der Waals surface area contributed by atoms with Crippen LogP contribution in [0.3, 0.4) is 0 Å². The maximum atomic E-state index is 3.87. The summed E-state index contributed by atoms with van der Waals surface area (Å²) in [5.74, 6) is 0.715. The number of benzene rings is 1. The molecule has 0 fully saturated rings. The van der Waals surface area contributed by atoms with Gasteiger partial charge in [-0.1, -0.05) is 45.0 Å². The van der Waals surface area contributed by atoms with Gasteiger partial charge in [0.25, 0.3) is 0 Å². The molecule has 0 aliphatic heterocycles. The largest absolute Gasteiger partial charge is 0.309 e. The molecule has 1 nitrogen and oxygen atoms in total. The number of nitrogens with one attached hydrogen (secondary N) is 1. The maximum absolute atomic E-state index is 3.87. The van der Waals surface area contributed by atoms with Gasteiger partial charge in [-0.2, -0.15) is 11.8 Å². The van der Waals surface area contributed by atoms with E-state index in [1.165, 1.54) is 31.2 Å². The number of fused-ring (bicyclic) bond motifs is 1. The van der Waals surface area contributed by atoms with E-state index in [-0.39, 0.29) is 0 Å². The third-order valence-corrected chi connectivity index (χ3v) is 6.77. The minimum absolute atomic E-state index is 0.401. The van der Waals surface area contributed by atoms with Crippen molar-refractivity contribution in [2.45, 2.75) is 63.2 Å². The highest BCUT2D eigenvalue weighted by Gasteiger charge is 2.29. The number of hydrogen-bond acceptors (Lipinski definition) is 2. The van der Waals surface area contributed by atoms with Gasteiger partial charge >= 0.3 is 0 Å². The molecule has 112 valence electrons. The van der Waals surface area contributed by atoms with Gasteiger partial charge in [0.15, 0.2) is 0 Å². The van der Waals surface area contributed by atoms with Crippen molar-refractivity contribution < 1.29 is 0 Å². The Hall–Kier alpha value is -0.470. The molecule has 0 bridgehead atoms. The van der Waals surface area contributed by atoms with E-state index in [9.17, 15) is 0 Å². The van der Waals surface area contributed by atoms with Gasteiger partial charge < -0.3 is 5.32 Å². The van der Waals surface area contributed by atoms with Gasteiger partial charge in [-0.05, 0) is 49.0 Å². The topological polar surface area (TPSA) is 12.0 Å². The van der Waals surface area contributed by atoms with Gasteiger partial charge in [0.05, 0.1) is 0 Å². The van der Waals surface area contributed by atoms with Crippen LogP contribution in [0.1, 0.15) is 69.5 Å². The summed E-state index contributed by atoms with van der Waals surface area (Å²) in [6, 6.07) is 9.55. The quantitative estimate of drug-likeness (QED) is 0.779. The monoisotopic (exact) mass is 291 g/mol. The lowest BCUT2D eigenvalue weighted by Crippen LogP contribution is -2.39. The summed E-state index contributed by atoms with van der Waals surface area (Å²) >= 11 is 2.03. The lowest BCUT2D eigenvalue weighted by atomic mass is 9.81. The lowest BCUT2D eigenvalue weighted by molar-refractivity contribution is 0.395. The van der Waals surface area contributed by atoms with E-state index in [0.29, 0.717) is 16.7 Å². The van der Waals surface area contributed by atoms with E-state index in [2.05, 4.69) is 56.6 Å². The maximum Gasteiger partial charge on any atom is 0.0323 e. The van der Waals surface area contributed by atoms with E-state index in [1.807, 2.05) is 11.8 Å². The number of thioether (sulfide) groups is 1. The van der Waals surface area contributed by atoms with Crippen LogP contribution in [0.25, 0.3) is 0 Å². The molecule has 1 aliphatic rings. The third kappa shape index (κ3) is 3.23. The zero-order valence-electron chi connectivity index (χ0n) is 13.4. The van der Waals surface area contributed by atoms with Crippen molar-refractivity contribution in [2.24, 2.45) is 0 Å². The normalized spacial score (nSPS) is 22.6. The zero-order valence-corrected chi connectivity index (χ0v) is 14.2. The average molecular weight is 292 g/mol. The van der Waals surface area contributed by atoms with Crippen LogP contribution >= 0.6 is 11.8 Å². The van der Waals surface area contributed by atoms with Crippen LogP contribution in [0.15, 0.2) is 24.3 Å². The molecule has 0 radical (unpaired) electrons. The van der Waals surface area contributed by atoms with E-state index in [0.717, 1.165) is 6.54 Å². The molecule has 0 heterocycles. The Morgan fingerprint density at radius 1 is 1.15 bits per heavy atom. The second kappa shape index (κ2) is 7.00. The van der Waals surface area contributed by atoms with Crippen molar-refractivity contribution in [1.82, 2.24) is 5.32 Å². The fourth-order valence-corrected chi connectivity index (χ4v) is 4.19. The second-order valence-electron chi connectivity index (χ2n) is 6.14. The van der Waals surface area contributed by atoms with Gasteiger partial charge in [-0.3, -0.25) is 0 Å². The van der Waals surface area contributed by atoms with Crippen molar-refractivity contribution in [3.05, 3.63) is 35.4 Å². The minimum Gasteiger partial charge on any atom is -0.309 e. The first-order chi connectivity index (χ1) is 9.65. The first-order valence-corrected chi connectivity index (χ1v) is 9.25. The van der Waals surface area contributed by atoms with Crippen molar-refractivity contribution in [3.8, 4) is 0 Å². The lowest BCUT2D eigenvalue weighted by Gasteiger charge is -2.35. The highest BCUT2D eigenvalue weighted by molar-refractivity contribution is 8.00. The van der Waals surface area contributed by atoms with Crippen LogP contribution in [-0.4, -0.2) is 17.5 Å². The minimum atomic E-state index is 0.401. The highest BCUT2D eigenvalue weighted by atomic mass is 32.2. The summed E-state index contributed by atoms with van der Waals surface area (Å²) in [6.45, 7) is 8.12. The second-order valence-corrected chi connectivity index (χ2v) is 7.41. The van der Waals surface area contributed by atoms with E-state index in [4.69, 9.17) is 0 Å². The Bertz CT molecular complexity index is 417. The zero-order chi connectivity index (χ0) is 14.6. The molecule has 1 N–H and O–H groups in total. The molecule has 2 heteroatoms. The van der Waals surface area contributed by atoms with Crippen molar-refractivity contribution in [3.63, 3.8) is 0 Å². The van der Waals surface area contributed by atoms with Gasteiger partial charge in [-0.25, -0.2) is 0 Å². The summed E-state index contributed by atoms with van der Waals surface area (Å²) in [6.07, 6.45) is 7.31. The summed E-state index contributed by atoms with van der Waals surface area (Å²) in [4.78, 5) is 0. The molecule has 2 rings (SSSR count). The Kier molecular flexibility index (Phi) is 5.57. The van der Waals surface area contributed by atoms with Crippen LogP contribution < -0.4 is 5.32 Å². The molecule has 1 aromatic rings. The van der Waals surface area contributed by atoms with Gasteiger partial charge in [-0.15, -0.1) is 0 Å². The van der Waals surface area contributed by atoms with Crippen LogP contribution in [0.4, 0.5) is 0 Å². The molecule has 0 saturated carbocycles. The Labute approximate surface area is 128 Å². The first kappa shape index (κ1) is 15.9. The van der Waals surface area contributed by atoms with E-state index >= 15 is 0 Å². The molecular weight excluding hydrogens is 262 g/mol. The van der Waals surface area contributed by atoms with Crippen LogP contribution in [0.5, 0.6) is 0 Å². The van der Waals surface area contributed by atoms with Crippen LogP contribution in [-0.2, 0) is 0 Å². The van der Waals surface area contributed by atoms with Crippen LogP contribution in [0.2, 0.25) is 0 Å². The number of hydrogen-bond donors (Lipinski definition) is 1. The van der Waals surface area contributed by atoms with Crippen molar-refractivity contribution in [2.75, 3.05) is 12.8 Å². The predicted molar refractivity (Wildman–Crippen MR) is 91.7 cm³/mol. The average Bonchev–Trinajstić information content (AvgIpc) is 2.51.